The minimum absolute atomic E-state index is 0.0604. The molecule has 0 aliphatic rings. The molecule has 0 radical (unpaired) electrons. The van der Waals surface area contributed by atoms with Crippen LogP contribution in [0, 0.1) is 11.3 Å². The first kappa shape index (κ1) is 15.2. The predicted octanol–water partition coefficient (Wildman–Crippen LogP) is 1.54. The van der Waals surface area contributed by atoms with E-state index in [4.69, 9.17) is 10.00 Å². The van der Waals surface area contributed by atoms with Crippen molar-refractivity contribution in [3.63, 3.8) is 0 Å². The molecule has 0 spiro atoms. The molecule has 2 aromatic rings. The number of carbonyl (C=O) groups excluding carboxylic acids is 2. The number of nitrogens with one attached hydrogen (secondary N) is 1. The monoisotopic (exact) mass is 295 g/mol. The molecule has 0 bridgehead atoms. The van der Waals surface area contributed by atoms with E-state index in [1.54, 1.807) is 30.5 Å². The molecule has 22 heavy (non-hydrogen) atoms. The number of esters is 1. The molecule has 1 heterocycles. The summed E-state index contributed by atoms with van der Waals surface area (Å²) in [7, 11) is 0. The minimum Gasteiger partial charge on any atom is -0.460 e. The summed E-state index contributed by atoms with van der Waals surface area (Å²) in [6, 6.07) is 11.4. The zero-order chi connectivity index (χ0) is 15.8. The predicted molar refractivity (Wildman–Crippen MR) is 78.0 cm³/mol. The molecule has 0 unspecified atom stereocenters. The fourth-order valence-electron chi connectivity index (χ4n) is 1.67. The van der Waals surface area contributed by atoms with Crippen molar-refractivity contribution in [1.29, 1.82) is 5.26 Å². The van der Waals surface area contributed by atoms with Gasteiger partial charge in [0.15, 0.2) is 0 Å². The summed E-state index contributed by atoms with van der Waals surface area (Å²) < 4.78 is 5.04. The third kappa shape index (κ3) is 4.15. The number of benzene rings is 1. The number of carbonyl (C=O) groups is 2. The number of hydrogen-bond acceptors (Lipinski definition) is 5. The lowest BCUT2D eigenvalue weighted by Gasteiger charge is -2.06. The summed E-state index contributed by atoms with van der Waals surface area (Å²) >= 11 is 0. The van der Waals surface area contributed by atoms with Crippen LogP contribution in [-0.4, -0.2) is 30.0 Å². The summed E-state index contributed by atoms with van der Waals surface area (Å²) in [5.74, 6) is -0.775. The summed E-state index contributed by atoms with van der Waals surface area (Å²) in [5, 5.41) is 11.3. The van der Waals surface area contributed by atoms with Crippen LogP contribution in [0.5, 0.6) is 0 Å². The van der Waals surface area contributed by atoms with Gasteiger partial charge in [0.25, 0.3) is 5.91 Å². The second-order valence-electron chi connectivity index (χ2n) is 4.32. The van der Waals surface area contributed by atoms with Gasteiger partial charge in [-0.15, -0.1) is 0 Å². The van der Waals surface area contributed by atoms with Gasteiger partial charge in [0.1, 0.15) is 6.61 Å². The van der Waals surface area contributed by atoms with Crippen LogP contribution in [0.3, 0.4) is 0 Å². The highest BCUT2D eigenvalue weighted by molar-refractivity contribution is 5.93. The molecule has 0 aliphatic carbocycles. The van der Waals surface area contributed by atoms with Gasteiger partial charge in [-0.25, -0.2) is 4.79 Å². The Labute approximate surface area is 127 Å². The van der Waals surface area contributed by atoms with Gasteiger partial charge in [0.2, 0.25) is 0 Å². The Bertz CT molecular complexity index is 691. The molecule has 6 nitrogen and oxygen atoms in total. The lowest BCUT2D eigenvalue weighted by Crippen LogP contribution is -2.28. The maximum Gasteiger partial charge on any atom is 0.338 e. The lowest BCUT2D eigenvalue weighted by atomic mass is 10.1. The van der Waals surface area contributed by atoms with Crippen molar-refractivity contribution in [2.24, 2.45) is 0 Å². The van der Waals surface area contributed by atoms with Crippen molar-refractivity contribution in [3.8, 4) is 6.07 Å². The van der Waals surface area contributed by atoms with Crippen LogP contribution < -0.4 is 5.32 Å². The van der Waals surface area contributed by atoms with E-state index >= 15 is 0 Å². The number of pyridine rings is 1. The highest BCUT2D eigenvalue weighted by atomic mass is 16.5. The molecule has 0 fully saturated rings. The molecule has 0 saturated heterocycles. The number of ether oxygens (including phenoxy) is 1. The fourth-order valence-corrected chi connectivity index (χ4v) is 1.67. The van der Waals surface area contributed by atoms with E-state index < -0.39 is 5.97 Å². The topological polar surface area (TPSA) is 92.1 Å². The molecule has 2 rings (SSSR count). The summed E-state index contributed by atoms with van der Waals surface area (Å²) in [6.45, 7) is 0.264. The minimum atomic E-state index is -0.500. The Hall–Kier alpha value is -3.20. The molecule has 0 saturated carbocycles. The fraction of sp³-hybridized carbons (Fsp3) is 0.125. The number of rotatable bonds is 5. The van der Waals surface area contributed by atoms with Gasteiger partial charge in [-0.3, -0.25) is 9.78 Å². The van der Waals surface area contributed by atoms with Crippen LogP contribution >= 0.6 is 0 Å². The first-order valence-electron chi connectivity index (χ1n) is 6.56. The smallest absolute Gasteiger partial charge is 0.338 e. The van der Waals surface area contributed by atoms with Gasteiger partial charge < -0.3 is 10.1 Å². The zero-order valence-electron chi connectivity index (χ0n) is 11.7. The number of hydrogen-bond donors (Lipinski definition) is 1. The maximum atomic E-state index is 11.7. The maximum absolute atomic E-state index is 11.7. The van der Waals surface area contributed by atoms with Crippen LogP contribution in [0.25, 0.3) is 0 Å². The highest BCUT2D eigenvalue weighted by Crippen LogP contribution is 2.04. The average molecular weight is 295 g/mol. The van der Waals surface area contributed by atoms with Crippen molar-refractivity contribution in [2.75, 3.05) is 13.2 Å². The van der Waals surface area contributed by atoms with E-state index in [9.17, 15) is 9.59 Å². The van der Waals surface area contributed by atoms with Crippen molar-refractivity contribution >= 4 is 11.9 Å². The zero-order valence-corrected chi connectivity index (χ0v) is 11.7. The third-order valence-corrected chi connectivity index (χ3v) is 2.79. The Balaban J connectivity index is 1.75. The standard InChI is InChI=1S/C16H13N3O3/c17-10-12-3-5-13(6-4-12)16(21)22-9-8-19-15(20)14-2-1-7-18-11-14/h1-7,11H,8-9H2,(H,19,20). The Kier molecular flexibility index (Phi) is 5.21. The first-order chi connectivity index (χ1) is 10.7. The molecular weight excluding hydrogens is 282 g/mol. The summed E-state index contributed by atoms with van der Waals surface area (Å²) in [4.78, 5) is 27.3. The number of nitriles is 1. The number of amides is 1. The molecule has 1 aromatic heterocycles. The van der Waals surface area contributed by atoms with Gasteiger partial charge >= 0.3 is 5.97 Å². The molecule has 6 heteroatoms. The van der Waals surface area contributed by atoms with Crippen LogP contribution in [0.15, 0.2) is 48.8 Å². The molecule has 1 N–H and O–H groups in total. The van der Waals surface area contributed by atoms with Crippen LogP contribution in [0.1, 0.15) is 26.3 Å². The van der Waals surface area contributed by atoms with Crippen molar-refractivity contribution in [1.82, 2.24) is 10.3 Å². The average Bonchev–Trinajstić information content (AvgIpc) is 2.59. The Morgan fingerprint density at radius 2 is 1.95 bits per heavy atom. The second-order valence-corrected chi connectivity index (χ2v) is 4.32. The van der Waals surface area contributed by atoms with Gasteiger partial charge in [0, 0.05) is 12.4 Å². The van der Waals surface area contributed by atoms with Crippen molar-refractivity contribution in [3.05, 3.63) is 65.5 Å². The van der Waals surface area contributed by atoms with Gasteiger partial charge in [-0.05, 0) is 36.4 Å². The van der Waals surface area contributed by atoms with E-state index in [0.717, 1.165) is 0 Å². The van der Waals surface area contributed by atoms with Crippen LogP contribution in [-0.2, 0) is 4.74 Å². The van der Waals surface area contributed by atoms with E-state index in [1.165, 1.54) is 18.3 Å². The van der Waals surface area contributed by atoms with Crippen molar-refractivity contribution in [2.45, 2.75) is 0 Å². The summed E-state index contributed by atoms with van der Waals surface area (Å²) in [6.07, 6.45) is 3.04. The molecule has 1 aromatic carbocycles. The van der Waals surface area contributed by atoms with Crippen LogP contribution in [0.4, 0.5) is 0 Å². The van der Waals surface area contributed by atoms with Gasteiger partial charge in [-0.1, -0.05) is 0 Å². The van der Waals surface area contributed by atoms with E-state index in [0.29, 0.717) is 16.7 Å². The highest BCUT2D eigenvalue weighted by Gasteiger charge is 2.08. The van der Waals surface area contributed by atoms with Crippen molar-refractivity contribution < 1.29 is 14.3 Å². The number of nitrogens with zero attached hydrogens (tertiary/aromatic N) is 2. The van der Waals surface area contributed by atoms with E-state index in [2.05, 4.69) is 10.3 Å². The molecular formula is C16H13N3O3. The van der Waals surface area contributed by atoms with Gasteiger partial charge in [-0.2, -0.15) is 5.26 Å². The molecule has 0 aliphatic heterocycles. The van der Waals surface area contributed by atoms with E-state index in [-0.39, 0.29) is 19.1 Å². The lowest BCUT2D eigenvalue weighted by molar-refractivity contribution is 0.0503. The van der Waals surface area contributed by atoms with E-state index in [1.807, 2.05) is 6.07 Å². The SMILES string of the molecule is N#Cc1ccc(C(=O)OCCNC(=O)c2cccnc2)cc1. The molecule has 110 valence electrons. The Morgan fingerprint density at radius 3 is 2.59 bits per heavy atom. The molecule has 1 amide bonds. The third-order valence-electron chi connectivity index (χ3n) is 2.79. The largest absolute Gasteiger partial charge is 0.460 e. The summed E-state index contributed by atoms with van der Waals surface area (Å²) in [5.41, 5.74) is 1.28. The second kappa shape index (κ2) is 7.55. The Morgan fingerprint density at radius 1 is 1.18 bits per heavy atom. The van der Waals surface area contributed by atoms with Gasteiger partial charge in [0.05, 0.1) is 29.3 Å². The first-order valence-corrected chi connectivity index (χ1v) is 6.56. The quantitative estimate of drug-likeness (QED) is 0.667. The number of aromatic nitrogens is 1. The normalized spacial score (nSPS) is 9.59. The molecule has 0 atom stereocenters. The van der Waals surface area contributed by atoms with Crippen LogP contribution in [0.2, 0.25) is 0 Å².